The molecule has 2 atom stereocenters. The van der Waals surface area contributed by atoms with Crippen LogP contribution < -0.4 is 19.5 Å². The van der Waals surface area contributed by atoms with E-state index in [0.29, 0.717) is 11.5 Å². The lowest BCUT2D eigenvalue weighted by Gasteiger charge is -2.19. The van der Waals surface area contributed by atoms with Gasteiger partial charge in [-0.1, -0.05) is 18.2 Å². The second kappa shape index (κ2) is 7.91. The minimum atomic E-state index is -0.429. The van der Waals surface area contributed by atoms with Crippen LogP contribution in [0.2, 0.25) is 0 Å². The third-order valence-corrected chi connectivity index (χ3v) is 3.89. The van der Waals surface area contributed by atoms with Crippen LogP contribution in [0.25, 0.3) is 0 Å². The number of halogens is 1. The van der Waals surface area contributed by atoms with E-state index in [0.717, 1.165) is 16.9 Å². The Kier molecular flexibility index (Phi) is 5.91. The molecule has 0 unspecified atom stereocenters. The molecule has 1 heterocycles. The quantitative estimate of drug-likeness (QED) is 0.893. The van der Waals surface area contributed by atoms with E-state index < -0.39 is 6.04 Å². The summed E-state index contributed by atoms with van der Waals surface area (Å²) in [5, 5.41) is 12.8. The van der Waals surface area contributed by atoms with Crippen molar-refractivity contribution in [3.63, 3.8) is 0 Å². The topological polar surface area (TPSA) is 63.5 Å². The molecule has 1 aliphatic rings. The number of nitrogens with zero attached hydrogens (tertiary/aromatic N) is 1. The van der Waals surface area contributed by atoms with Crippen LogP contribution in [-0.2, 0) is 0 Å². The molecule has 0 aliphatic carbocycles. The first-order valence-corrected chi connectivity index (χ1v) is 7.40. The fourth-order valence-corrected chi connectivity index (χ4v) is 2.54. The number of benzene rings is 2. The van der Waals surface area contributed by atoms with Crippen LogP contribution in [0.1, 0.15) is 30.1 Å². The van der Waals surface area contributed by atoms with Crippen molar-refractivity contribution in [1.29, 1.82) is 5.26 Å². The smallest absolute Gasteiger partial charge is 0.231 e. The number of ether oxygens (including phenoxy) is 3. The van der Waals surface area contributed by atoms with E-state index in [1.54, 1.807) is 7.11 Å². The number of hydrogen-bond donors (Lipinski definition) is 1. The molecule has 2 aromatic rings. The maximum absolute atomic E-state index is 9.50. The zero-order chi connectivity index (χ0) is 16.2. The molecule has 1 aliphatic heterocycles. The fraction of sp³-hybridized carbons (Fsp3) is 0.278. The van der Waals surface area contributed by atoms with Crippen LogP contribution in [-0.4, -0.2) is 13.9 Å². The third-order valence-electron chi connectivity index (χ3n) is 3.89. The molecule has 0 radical (unpaired) electrons. The Bertz CT molecular complexity index is 728. The summed E-state index contributed by atoms with van der Waals surface area (Å²) in [5.41, 5.74) is 1.95. The van der Waals surface area contributed by atoms with Crippen molar-refractivity contribution in [2.45, 2.75) is 19.0 Å². The van der Waals surface area contributed by atoms with Crippen molar-refractivity contribution >= 4 is 12.4 Å². The van der Waals surface area contributed by atoms with E-state index in [9.17, 15) is 5.26 Å². The summed E-state index contributed by atoms with van der Waals surface area (Å²) >= 11 is 0. The minimum absolute atomic E-state index is 0. The van der Waals surface area contributed by atoms with Gasteiger partial charge in [-0.2, -0.15) is 5.26 Å². The molecule has 24 heavy (non-hydrogen) atoms. The van der Waals surface area contributed by atoms with Gasteiger partial charge in [0.1, 0.15) is 11.8 Å². The van der Waals surface area contributed by atoms with Gasteiger partial charge in [0.05, 0.1) is 13.2 Å². The predicted octanol–water partition coefficient (Wildman–Crippen LogP) is 3.76. The van der Waals surface area contributed by atoms with E-state index >= 15 is 0 Å². The number of fused-ring (bicyclic) bond motifs is 1. The Morgan fingerprint density at radius 2 is 1.75 bits per heavy atom. The van der Waals surface area contributed by atoms with Crippen LogP contribution in [0.4, 0.5) is 0 Å². The summed E-state index contributed by atoms with van der Waals surface area (Å²) in [6, 6.07) is 15.3. The molecular weight excluding hydrogens is 328 g/mol. The number of hydrogen-bond acceptors (Lipinski definition) is 5. The van der Waals surface area contributed by atoms with Gasteiger partial charge in [0, 0.05) is 6.04 Å². The molecule has 0 saturated heterocycles. The van der Waals surface area contributed by atoms with E-state index in [1.165, 1.54) is 0 Å². The van der Waals surface area contributed by atoms with Gasteiger partial charge in [-0.05, 0) is 42.3 Å². The molecule has 0 amide bonds. The molecule has 0 fully saturated rings. The number of nitriles is 1. The van der Waals surface area contributed by atoms with E-state index in [4.69, 9.17) is 14.2 Å². The van der Waals surface area contributed by atoms with Crippen molar-refractivity contribution < 1.29 is 14.2 Å². The Hall–Kier alpha value is -2.42. The molecule has 6 heteroatoms. The molecular formula is C18H19ClN2O3. The lowest BCUT2D eigenvalue weighted by molar-refractivity contribution is 0.174. The average Bonchev–Trinajstić information content (AvgIpc) is 3.07. The SMILES string of the molecule is COc1ccc([C@H](C)N[C@H](C#N)c2ccc3c(c2)OCO3)cc1.Cl. The molecule has 126 valence electrons. The predicted molar refractivity (Wildman–Crippen MR) is 92.7 cm³/mol. The summed E-state index contributed by atoms with van der Waals surface area (Å²) in [4.78, 5) is 0. The van der Waals surface area contributed by atoms with Crippen molar-refractivity contribution in [2.75, 3.05) is 13.9 Å². The molecule has 5 nitrogen and oxygen atoms in total. The van der Waals surface area contributed by atoms with Crippen molar-refractivity contribution in [1.82, 2.24) is 5.32 Å². The first-order chi connectivity index (χ1) is 11.2. The van der Waals surface area contributed by atoms with Crippen LogP contribution in [0.5, 0.6) is 17.2 Å². The summed E-state index contributed by atoms with van der Waals surface area (Å²) in [6.45, 7) is 2.25. The van der Waals surface area contributed by atoms with Gasteiger partial charge in [-0.3, -0.25) is 5.32 Å². The number of methoxy groups -OCH3 is 1. The highest BCUT2D eigenvalue weighted by atomic mass is 35.5. The molecule has 0 saturated carbocycles. The molecule has 3 rings (SSSR count). The van der Waals surface area contributed by atoms with Crippen LogP contribution in [0.15, 0.2) is 42.5 Å². The molecule has 1 N–H and O–H groups in total. The van der Waals surface area contributed by atoms with E-state index in [-0.39, 0.29) is 25.2 Å². The first kappa shape index (κ1) is 17.9. The van der Waals surface area contributed by atoms with Gasteiger partial charge in [0.15, 0.2) is 11.5 Å². The van der Waals surface area contributed by atoms with Gasteiger partial charge in [-0.25, -0.2) is 0 Å². The van der Waals surface area contributed by atoms with E-state index in [1.807, 2.05) is 49.4 Å². The van der Waals surface area contributed by atoms with Crippen molar-refractivity contribution in [2.24, 2.45) is 0 Å². The van der Waals surface area contributed by atoms with Gasteiger partial charge in [0.2, 0.25) is 6.79 Å². The highest BCUT2D eigenvalue weighted by Crippen LogP contribution is 2.34. The third kappa shape index (κ3) is 3.73. The van der Waals surface area contributed by atoms with Crippen molar-refractivity contribution in [3.8, 4) is 23.3 Å². The van der Waals surface area contributed by atoms with Gasteiger partial charge < -0.3 is 14.2 Å². The lowest BCUT2D eigenvalue weighted by atomic mass is 10.0. The van der Waals surface area contributed by atoms with Crippen LogP contribution in [0.3, 0.4) is 0 Å². The van der Waals surface area contributed by atoms with Crippen LogP contribution >= 0.6 is 12.4 Å². The Morgan fingerprint density at radius 3 is 2.42 bits per heavy atom. The number of nitrogens with one attached hydrogen (secondary N) is 1. The largest absolute Gasteiger partial charge is 0.497 e. The van der Waals surface area contributed by atoms with Gasteiger partial charge in [-0.15, -0.1) is 12.4 Å². The standard InChI is InChI=1S/C18H18N2O3.ClH/c1-12(13-3-6-15(21-2)7-4-13)20-16(10-19)14-5-8-17-18(9-14)23-11-22-17;/h3-9,12,16,20H,11H2,1-2H3;1H/t12-,16+;/m0./s1. The summed E-state index contributed by atoms with van der Waals surface area (Å²) in [5.74, 6) is 2.21. The zero-order valence-electron chi connectivity index (χ0n) is 13.5. The highest BCUT2D eigenvalue weighted by molar-refractivity contribution is 5.85. The van der Waals surface area contributed by atoms with E-state index in [2.05, 4.69) is 11.4 Å². The Morgan fingerprint density at radius 1 is 1.08 bits per heavy atom. The second-order valence-corrected chi connectivity index (χ2v) is 5.34. The molecule has 2 aromatic carbocycles. The highest BCUT2D eigenvalue weighted by Gasteiger charge is 2.19. The summed E-state index contributed by atoms with van der Waals surface area (Å²) < 4.78 is 15.8. The number of rotatable bonds is 5. The van der Waals surface area contributed by atoms with Crippen LogP contribution in [0, 0.1) is 11.3 Å². The lowest BCUT2D eigenvalue weighted by Crippen LogP contribution is -2.23. The summed E-state index contributed by atoms with van der Waals surface area (Å²) in [6.07, 6.45) is 0. The molecule has 0 aromatic heterocycles. The minimum Gasteiger partial charge on any atom is -0.497 e. The fourth-order valence-electron chi connectivity index (χ4n) is 2.54. The maximum atomic E-state index is 9.50. The van der Waals surface area contributed by atoms with Gasteiger partial charge >= 0.3 is 0 Å². The average molecular weight is 347 g/mol. The Labute approximate surface area is 147 Å². The van der Waals surface area contributed by atoms with Gasteiger partial charge in [0.25, 0.3) is 0 Å². The summed E-state index contributed by atoms with van der Waals surface area (Å²) in [7, 11) is 1.64. The second-order valence-electron chi connectivity index (χ2n) is 5.34. The maximum Gasteiger partial charge on any atom is 0.231 e. The monoisotopic (exact) mass is 346 g/mol. The molecule has 0 spiro atoms. The molecule has 0 bridgehead atoms. The normalized spacial score (nSPS) is 14.2. The first-order valence-electron chi connectivity index (χ1n) is 7.40. The Balaban J connectivity index is 0.00000208. The van der Waals surface area contributed by atoms with Crippen molar-refractivity contribution in [3.05, 3.63) is 53.6 Å². The zero-order valence-corrected chi connectivity index (χ0v) is 14.3.